The maximum atomic E-state index is 12.9. The molecule has 27 heavy (non-hydrogen) atoms. The van der Waals surface area contributed by atoms with E-state index in [0.717, 1.165) is 5.56 Å². The average molecular weight is 370 g/mol. The molecule has 2 aromatic rings. The Morgan fingerprint density at radius 1 is 1.37 bits per heavy atom. The summed E-state index contributed by atoms with van der Waals surface area (Å²) in [5.41, 5.74) is 1.62. The van der Waals surface area contributed by atoms with Crippen LogP contribution in [0.15, 0.2) is 36.8 Å². The van der Waals surface area contributed by atoms with Crippen molar-refractivity contribution in [2.75, 3.05) is 26.9 Å². The molecule has 3 rings (SSSR count). The summed E-state index contributed by atoms with van der Waals surface area (Å²) in [6, 6.07) is 6.69. The lowest BCUT2D eigenvalue weighted by Gasteiger charge is -2.25. The summed E-state index contributed by atoms with van der Waals surface area (Å²) in [5.74, 6) is 0.283. The lowest BCUT2D eigenvalue weighted by molar-refractivity contribution is 0.0639. The van der Waals surface area contributed by atoms with Crippen molar-refractivity contribution < 1.29 is 19.1 Å². The summed E-state index contributed by atoms with van der Waals surface area (Å²) in [7, 11) is 1.58. The van der Waals surface area contributed by atoms with Crippen molar-refractivity contribution in [1.82, 2.24) is 20.2 Å². The third-order valence-corrected chi connectivity index (χ3v) is 4.33. The standard InChI is InChI=1S/C19H22N4O4/c1-13-11-27-17-4-3-14(18(24)21-7-8-26-2)9-15(17)10-23(13)19(25)16-5-6-20-12-22-16/h3-6,9,12-13H,7-8,10-11H2,1-2H3,(H,21,24)/t13-/m0/s1. The molecule has 0 fully saturated rings. The molecule has 0 aliphatic carbocycles. The summed E-state index contributed by atoms with van der Waals surface area (Å²) in [4.78, 5) is 34.7. The second kappa shape index (κ2) is 8.59. The third kappa shape index (κ3) is 4.40. The molecule has 0 saturated heterocycles. The number of amides is 2. The van der Waals surface area contributed by atoms with Crippen molar-refractivity contribution in [2.24, 2.45) is 0 Å². The number of hydrogen-bond donors (Lipinski definition) is 1. The predicted octanol–water partition coefficient (Wildman–Crippen LogP) is 1.28. The van der Waals surface area contributed by atoms with Crippen LogP contribution in [0.1, 0.15) is 33.3 Å². The zero-order chi connectivity index (χ0) is 19.2. The molecule has 0 bridgehead atoms. The summed E-state index contributed by atoms with van der Waals surface area (Å²) in [6.45, 7) is 3.49. The molecule has 8 heteroatoms. The second-order valence-electron chi connectivity index (χ2n) is 6.26. The fourth-order valence-electron chi connectivity index (χ4n) is 2.83. The first-order valence-corrected chi connectivity index (χ1v) is 8.70. The summed E-state index contributed by atoms with van der Waals surface area (Å²) >= 11 is 0. The van der Waals surface area contributed by atoms with Crippen LogP contribution in [0.25, 0.3) is 0 Å². The molecule has 0 saturated carbocycles. The van der Waals surface area contributed by atoms with Gasteiger partial charge in [0.15, 0.2) is 0 Å². The quantitative estimate of drug-likeness (QED) is 0.797. The maximum absolute atomic E-state index is 12.9. The number of carbonyl (C=O) groups excluding carboxylic acids is 2. The molecule has 1 aromatic heterocycles. The molecule has 0 unspecified atom stereocenters. The van der Waals surface area contributed by atoms with Gasteiger partial charge in [0, 0.05) is 31.0 Å². The minimum Gasteiger partial charge on any atom is -0.491 e. The minimum atomic E-state index is -0.198. The topological polar surface area (TPSA) is 93.7 Å². The van der Waals surface area contributed by atoms with Gasteiger partial charge in [-0.15, -0.1) is 0 Å². The van der Waals surface area contributed by atoms with E-state index in [1.54, 1.807) is 36.3 Å². The van der Waals surface area contributed by atoms with Crippen LogP contribution in [0.2, 0.25) is 0 Å². The molecule has 1 N–H and O–H groups in total. The lowest BCUT2D eigenvalue weighted by Crippen LogP contribution is -2.40. The number of nitrogens with zero attached hydrogens (tertiary/aromatic N) is 3. The molecule has 0 spiro atoms. The second-order valence-corrected chi connectivity index (χ2v) is 6.26. The lowest BCUT2D eigenvalue weighted by atomic mass is 10.1. The van der Waals surface area contributed by atoms with Crippen LogP contribution in [0, 0.1) is 0 Å². The Morgan fingerprint density at radius 2 is 2.22 bits per heavy atom. The highest BCUT2D eigenvalue weighted by atomic mass is 16.5. The van der Waals surface area contributed by atoms with Gasteiger partial charge in [0.2, 0.25) is 0 Å². The zero-order valence-corrected chi connectivity index (χ0v) is 15.3. The summed E-state index contributed by atoms with van der Waals surface area (Å²) in [6.07, 6.45) is 2.89. The van der Waals surface area contributed by atoms with Gasteiger partial charge in [-0.2, -0.15) is 0 Å². The normalized spacial score (nSPS) is 16.1. The van der Waals surface area contributed by atoms with E-state index in [4.69, 9.17) is 9.47 Å². The Bertz CT molecular complexity index is 813. The highest BCUT2D eigenvalue weighted by Gasteiger charge is 2.27. The first kappa shape index (κ1) is 18.8. The number of nitrogens with one attached hydrogen (secondary N) is 1. The number of rotatable bonds is 5. The van der Waals surface area contributed by atoms with Gasteiger partial charge in [0.05, 0.1) is 19.2 Å². The monoisotopic (exact) mass is 370 g/mol. The smallest absolute Gasteiger partial charge is 0.273 e. The molecule has 142 valence electrons. The van der Waals surface area contributed by atoms with Crippen molar-refractivity contribution in [3.05, 3.63) is 53.6 Å². The molecule has 1 aliphatic heterocycles. The van der Waals surface area contributed by atoms with Gasteiger partial charge in [-0.3, -0.25) is 9.59 Å². The van der Waals surface area contributed by atoms with Crippen molar-refractivity contribution in [3.63, 3.8) is 0 Å². The number of methoxy groups -OCH3 is 1. The number of benzene rings is 1. The molecule has 8 nitrogen and oxygen atoms in total. The van der Waals surface area contributed by atoms with Gasteiger partial charge in [0.1, 0.15) is 24.4 Å². The number of fused-ring (bicyclic) bond motifs is 1. The molecule has 1 atom stereocenters. The van der Waals surface area contributed by atoms with Crippen LogP contribution < -0.4 is 10.1 Å². The highest BCUT2D eigenvalue weighted by Crippen LogP contribution is 2.27. The van der Waals surface area contributed by atoms with Crippen LogP contribution in [-0.4, -0.2) is 59.6 Å². The fourth-order valence-corrected chi connectivity index (χ4v) is 2.83. The van der Waals surface area contributed by atoms with E-state index in [9.17, 15) is 9.59 Å². The summed E-state index contributed by atoms with van der Waals surface area (Å²) < 4.78 is 10.8. The minimum absolute atomic E-state index is 0.140. The molecule has 0 radical (unpaired) electrons. The average Bonchev–Trinajstić information content (AvgIpc) is 2.86. The zero-order valence-electron chi connectivity index (χ0n) is 15.3. The van der Waals surface area contributed by atoms with E-state index in [1.165, 1.54) is 12.5 Å². The van der Waals surface area contributed by atoms with Gasteiger partial charge in [0.25, 0.3) is 11.8 Å². The Morgan fingerprint density at radius 3 is 2.96 bits per heavy atom. The molecular formula is C19H22N4O4. The highest BCUT2D eigenvalue weighted by molar-refractivity contribution is 5.95. The van der Waals surface area contributed by atoms with Crippen molar-refractivity contribution in [1.29, 1.82) is 0 Å². The van der Waals surface area contributed by atoms with E-state index in [-0.39, 0.29) is 17.9 Å². The Hall–Kier alpha value is -3.00. The Labute approximate surface area is 157 Å². The Kier molecular flexibility index (Phi) is 5.97. The third-order valence-electron chi connectivity index (χ3n) is 4.33. The van der Waals surface area contributed by atoms with E-state index < -0.39 is 0 Å². The van der Waals surface area contributed by atoms with Crippen LogP contribution in [0.4, 0.5) is 0 Å². The fraction of sp³-hybridized carbons (Fsp3) is 0.368. The number of aromatic nitrogens is 2. The van der Waals surface area contributed by atoms with Gasteiger partial charge < -0.3 is 19.7 Å². The van der Waals surface area contributed by atoms with E-state index in [1.807, 2.05) is 6.92 Å². The SMILES string of the molecule is COCCNC(=O)c1ccc2c(c1)CN(C(=O)c1ccncn1)[C@@H](C)CO2. The largest absolute Gasteiger partial charge is 0.491 e. The van der Waals surface area contributed by atoms with Crippen LogP contribution in [-0.2, 0) is 11.3 Å². The summed E-state index contributed by atoms with van der Waals surface area (Å²) in [5, 5.41) is 2.79. The van der Waals surface area contributed by atoms with Crippen LogP contribution >= 0.6 is 0 Å². The van der Waals surface area contributed by atoms with E-state index >= 15 is 0 Å². The molecular weight excluding hydrogens is 348 g/mol. The number of ether oxygens (including phenoxy) is 2. The maximum Gasteiger partial charge on any atom is 0.273 e. The van der Waals surface area contributed by atoms with Crippen molar-refractivity contribution in [3.8, 4) is 5.75 Å². The van der Waals surface area contributed by atoms with Crippen molar-refractivity contribution in [2.45, 2.75) is 19.5 Å². The van der Waals surface area contributed by atoms with Gasteiger partial charge in [-0.1, -0.05) is 0 Å². The first-order chi connectivity index (χ1) is 13.1. The Balaban J connectivity index is 1.82. The molecule has 1 aromatic carbocycles. The molecule has 2 amide bonds. The number of hydrogen-bond acceptors (Lipinski definition) is 6. The van der Waals surface area contributed by atoms with E-state index in [0.29, 0.717) is 43.3 Å². The van der Waals surface area contributed by atoms with Crippen LogP contribution in [0.5, 0.6) is 5.75 Å². The molecule has 1 aliphatic rings. The van der Waals surface area contributed by atoms with E-state index in [2.05, 4.69) is 15.3 Å². The van der Waals surface area contributed by atoms with Gasteiger partial charge in [-0.05, 0) is 31.2 Å². The van der Waals surface area contributed by atoms with Gasteiger partial charge >= 0.3 is 0 Å². The van der Waals surface area contributed by atoms with Gasteiger partial charge in [-0.25, -0.2) is 9.97 Å². The molecule has 2 heterocycles. The predicted molar refractivity (Wildman–Crippen MR) is 97.5 cm³/mol. The first-order valence-electron chi connectivity index (χ1n) is 8.70. The van der Waals surface area contributed by atoms with Crippen LogP contribution in [0.3, 0.4) is 0 Å². The number of carbonyl (C=O) groups is 2. The van der Waals surface area contributed by atoms with Crippen molar-refractivity contribution >= 4 is 11.8 Å².